The molecule has 0 aromatic heterocycles. The topological polar surface area (TPSA) is 32.8 Å². The van der Waals surface area contributed by atoms with E-state index < -0.39 is 17.3 Å². The Morgan fingerprint density at radius 2 is 1.74 bits per heavy atom. The summed E-state index contributed by atoms with van der Waals surface area (Å²) in [6, 6.07) is 14.5. The quantitative estimate of drug-likeness (QED) is 0.462. The molecule has 1 heterocycles. The van der Waals surface area contributed by atoms with Crippen molar-refractivity contribution in [3.05, 3.63) is 70.8 Å². The fraction of sp³-hybridized carbons (Fsp3) is 0.536. The molecule has 188 valence electrons. The zero-order valence-electron chi connectivity index (χ0n) is 20.6. The minimum Gasteiger partial charge on any atom is -0.444 e. The molecule has 35 heavy (non-hydrogen) atoms. The zero-order chi connectivity index (χ0) is 25.0. The smallest absolute Gasteiger partial charge is 0.416 e. The van der Waals surface area contributed by atoms with Crippen LogP contribution in [0.1, 0.15) is 68.2 Å². The Kier molecular flexibility index (Phi) is 5.90. The first-order valence-electron chi connectivity index (χ1n) is 12.4. The van der Waals surface area contributed by atoms with Crippen LogP contribution < -0.4 is 0 Å². The molecule has 2 aliphatic carbocycles. The summed E-state index contributed by atoms with van der Waals surface area (Å²) >= 11 is 0. The zero-order valence-corrected chi connectivity index (χ0v) is 20.6. The maximum absolute atomic E-state index is 13.3. The number of carbonyl (C=O) groups excluding carboxylic acids is 1. The van der Waals surface area contributed by atoms with Gasteiger partial charge in [0.2, 0.25) is 0 Å². The number of nitrogens with zero attached hydrogens (tertiary/aromatic N) is 2. The van der Waals surface area contributed by atoms with Gasteiger partial charge in [0.15, 0.2) is 0 Å². The van der Waals surface area contributed by atoms with Crippen molar-refractivity contribution in [1.82, 2.24) is 9.80 Å². The predicted molar refractivity (Wildman–Crippen MR) is 128 cm³/mol. The fourth-order valence-electron chi connectivity index (χ4n) is 5.35. The first-order chi connectivity index (χ1) is 16.4. The minimum absolute atomic E-state index is 0.0321. The van der Waals surface area contributed by atoms with Gasteiger partial charge < -0.3 is 9.64 Å². The highest BCUT2D eigenvalue weighted by molar-refractivity contribution is 5.69. The molecule has 0 saturated heterocycles. The highest BCUT2D eigenvalue weighted by Crippen LogP contribution is 2.52. The molecule has 2 aromatic carbocycles. The number of ether oxygens (including phenoxy) is 1. The largest absolute Gasteiger partial charge is 0.444 e. The van der Waals surface area contributed by atoms with Gasteiger partial charge in [0, 0.05) is 43.6 Å². The first kappa shape index (κ1) is 24.2. The lowest BCUT2D eigenvalue weighted by Gasteiger charge is -2.32. The second-order valence-electron chi connectivity index (χ2n) is 11.6. The van der Waals surface area contributed by atoms with E-state index in [1.807, 2.05) is 43.9 Å². The maximum atomic E-state index is 13.3. The number of halogens is 3. The second kappa shape index (κ2) is 8.54. The van der Waals surface area contributed by atoms with Crippen LogP contribution in [0.5, 0.6) is 0 Å². The van der Waals surface area contributed by atoms with Gasteiger partial charge in [-0.1, -0.05) is 36.4 Å². The van der Waals surface area contributed by atoms with Crippen LogP contribution in [0.15, 0.2) is 48.5 Å². The van der Waals surface area contributed by atoms with Crippen LogP contribution >= 0.6 is 0 Å². The van der Waals surface area contributed by atoms with Crippen LogP contribution in [0.25, 0.3) is 0 Å². The van der Waals surface area contributed by atoms with Crippen molar-refractivity contribution in [2.75, 3.05) is 13.1 Å². The molecule has 0 N–H and O–H groups in total. The molecule has 0 radical (unpaired) electrons. The number of alkyl halides is 3. The van der Waals surface area contributed by atoms with Crippen LogP contribution in [0.4, 0.5) is 18.0 Å². The van der Waals surface area contributed by atoms with Crippen molar-refractivity contribution in [3.8, 4) is 0 Å². The van der Waals surface area contributed by atoms with Crippen molar-refractivity contribution >= 4 is 6.09 Å². The molecule has 0 bridgehead atoms. The average molecular weight is 487 g/mol. The van der Waals surface area contributed by atoms with Crippen LogP contribution in [-0.4, -0.2) is 40.6 Å². The van der Waals surface area contributed by atoms with Gasteiger partial charge in [0.1, 0.15) is 5.60 Å². The summed E-state index contributed by atoms with van der Waals surface area (Å²) in [5.74, 6) is 0.316. The molecule has 2 saturated carbocycles. The summed E-state index contributed by atoms with van der Waals surface area (Å²) in [5.41, 5.74) is 1.77. The Labute approximate surface area is 205 Å². The van der Waals surface area contributed by atoms with Crippen molar-refractivity contribution < 1.29 is 22.7 Å². The van der Waals surface area contributed by atoms with Gasteiger partial charge in [-0.2, -0.15) is 13.2 Å². The Balaban J connectivity index is 1.28. The fourth-order valence-corrected chi connectivity index (χ4v) is 5.35. The van der Waals surface area contributed by atoms with E-state index in [-0.39, 0.29) is 17.6 Å². The molecular weight excluding hydrogens is 453 g/mol. The summed E-state index contributed by atoms with van der Waals surface area (Å²) < 4.78 is 45.2. The third-order valence-electron chi connectivity index (χ3n) is 7.36. The van der Waals surface area contributed by atoms with Crippen molar-refractivity contribution in [1.29, 1.82) is 0 Å². The summed E-state index contributed by atoms with van der Waals surface area (Å²) in [5, 5.41) is 0. The molecule has 7 heteroatoms. The number of rotatable bonds is 6. The molecule has 1 aliphatic heterocycles. The Morgan fingerprint density at radius 3 is 2.37 bits per heavy atom. The van der Waals surface area contributed by atoms with Crippen LogP contribution in [0.2, 0.25) is 0 Å². The summed E-state index contributed by atoms with van der Waals surface area (Å²) in [6.07, 6.45) is -1.65. The van der Waals surface area contributed by atoms with E-state index in [1.165, 1.54) is 17.7 Å². The van der Waals surface area contributed by atoms with E-state index in [4.69, 9.17) is 4.74 Å². The van der Waals surface area contributed by atoms with Gasteiger partial charge in [0.25, 0.3) is 0 Å². The monoisotopic (exact) mass is 486 g/mol. The number of carbonyl (C=O) groups is 1. The van der Waals surface area contributed by atoms with E-state index in [0.717, 1.165) is 36.9 Å². The molecule has 0 spiro atoms. The van der Waals surface area contributed by atoms with Gasteiger partial charge in [0.05, 0.1) is 5.56 Å². The first-order valence-corrected chi connectivity index (χ1v) is 12.4. The van der Waals surface area contributed by atoms with Gasteiger partial charge in [-0.3, -0.25) is 4.90 Å². The van der Waals surface area contributed by atoms with E-state index >= 15 is 0 Å². The summed E-state index contributed by atoms with van der Waals surface area (Å²) in [4.78, 5) is 17.4. The Hall–Kier alpha value is -2.54. The maximum Gasteiger partial charge on any atom is 0.416 e. The molecule has 0 unspecified atom stereocenters. The number of fused-ring (bicyclic) bond motifs is 1. The predicted octanol–water partition coefficient (Wildman–Crippen LogP) is 6.59. The molecular formula is C28H33F3N2O2. The number of hydrogen-bond acceptors (Lipinski definition) is 3. The molecule has 2 fully saturated rings. The Morgan fingerprint density at radius 1 is 1.06 bits per heavy atom. The molecule has 2 atom stereocenters. The standard InChI is InChI=1S/C28H33F3N2O2/c1-26(2,3)35-25(34)33(24-14-23(24)19-7-5-4-6-8-19)18-27(11-12-27)17-32-15-20-9-10-22(28(29,30)31)13-21(20)16-32/h4-10,13,23-24H,11-12,14-18H2,1-3H3/t23-,24+/m1/s1. The lowest BCUT2D eigenvalue weighted by Crippen LogP contribution is -2.44. The lowest BCUT2D eigenvalue weighted by molar-refractivity contribution is -0.137. The van der Waals surface area contributed by atoms with Gasteiger partial charge >= 0.3 is 12.3 Å². The lowest BCUT2D eigenvalue weighted by atomic mass is 10.1. The van der Waals surface area contributed by atoms with Crippen LogP contribution in [0.3, 0.4) is 0 Å². The highest BCUT2D eigenvalue weighted by Gasteiger charge is 2.52. The van der Waals surface area contributed by atoms with E-state index in [2.05, 4.69) is 17.0 Å². The molecule has 3 aliphatic rings. The van der Waals surface area contributed by atoms with Crippen LogP contribution in [-0.2, 0) is 24.0 Å². The molecule has 1 amide bonds. The summed E-state index contributed by atoms with van der Waals surface area (Å²) in [6.45, 7) is 8.21. The van der Waals surface area contributed by atoms with Gasteiger partial charge in [-0.15, -0.1) is 0 Å². The third kappa shape index (κ3) is 5.50. The number of hydrogen-bond donors (Lipinski definition) is 0. The van der Waals surface area contributed by atoms with Crippen molar-refractivity contribution in [3.63, 3.8) is 0 Å². The third-order valence-corrected chi connectivity index (χ3v) is 7.36. The number of benzene rings is 2. The molecule has 5 rings (SSSR count). The SMILES string of the molecule is CC(C)(C)OC(=O)N(CC1(CN2Cc3ccc(C(F)(F)F)cc3C2)CC1)[C@H]1C[C@@H]1c1ccccc1. The average Bonchev–Trinajstić information content (AvgIpc) is 3.67. The van der Waals surface area contributed by atoms with Gasteiger partial charge in [-0.05, 0) is 68.9 Å². The van der Waals surface area contributed by atoms with Crippen LogP contribution in [0, 0.1) is 5.41 Å². The molecule has 4 nitrogen and oxygen atoms in total. The summed E-state index contributed by atoms with van der Waals surface area (Å²) in [7, 11) is 0. The van der Waals surface area contributed by atoms with Gasteiger partial charge in [-0.25, -0.2) is 4.79 Å². The van der Waals surface area contributed by atoms with E-state index in [9.17, 15) is 18.0 Å². The number of amides is 1. The normalized spacial score (nSPS) is 23.0. The van der Waals surface area contributed by atoms with Crippen molar-refractivity contribution in [2.24, 2.45) is 5.41 Å². The molecule has 2 aromatic rings. The van der Waals surface area contributed by atoms with Crippen molar-refractivity contribution in [2.45, 2.75) is 76.9 Å². The Bertz CT molecular complexity index is 1090. The minimum atomic E-state index is -4.33. The second-order valence-corrected chi connectivity index (χ2v) is 11.6. The highest BCUT2D eigenvalue weighted by atomic mass is 19.4. The van der Waals surface area contributed by atoms with E-state index in [0.29, 0.717) is 25.6 Å². The van der Waals surface area contributed by atoms with E-state index in [1.54, 1.807) is 6.07 Å².